The van der Waals surface area contributed by atoms with Crippen molar-refractivity contribution in [2.45, 2.75) is 31.8 Å². The van der Waals surface area contributed by atoms with E-state index >= 15 is 0 Å². The number of hydrogen-bond acceptors (Lipinski definition) is 3. The molecule has 5 nitrogen and oxygen atoms in total. The van der Waals surface area contributed by atoms with E-state index in [1.54, 1.807) is 0 Å². The summed E-state index contributed by atoms with van der Waals surface area (Å²) < 4.78 is 0. The van der Waals surface area contributed by atoms with E-state index in [4.69, 9.17) is 5.11 Å². The number of rotatable bonds is 3. The second kappa shape index (κ2) is 3.42. The lowest BCUT2D eigenvalue weighted by Gasteiger charge is -2.05. The number of nitrogens with zero attached hydrogens (tertiary/aromatic N) is 1. The van der Waals surface area contributed by atoms with Gasteiger partial charge in [0.25, 0.3) is 0 Å². The number of aromatic nitrogens is 2. The maximum absolute atomic E-state index is 10.4. The number of aromatic amines is 1. The van der Waals surface area contributed by atoms with Gasteiger partial charge in [-0.15, -0.1) is 0 Å². The third-order valence-electron chi connectivity index (χ3n) is 2.52. The molecule has 0 saturated carbocycles. The van der Waals surface area contributed by atoms with Crippen LogP contribution in [0.3, 0.4) is 0 Å². The molecule has 1 aromatic rings. The van der Waals surface area contributed by atoms with E-state index in [1.807, 2.05) is 0 Å². The predicted molar refractivity (Wildman–Crippen MR) is 47.8 cm³/mol. The van der Waals surface area contributed by atoms with Crippen molar-refractivity contribution in [1.82, 2.24) is 10.2 Å². The van der Waals surface area contributed by atoms with Crippen LogP contribution in [-0.4, -0.2) is 26.4 Å². The number of carbonyl (C=O) groups is 1. The molecule has 0 radical (unpaired) electrons. The minimum Gasteiger partial charge on any atom is -0.481 e. The molecule has 76 valence electrons. The summed E-state index contributed by atoms with van der Waals surface area (Å²) >= 11 is 0. The van der Waals surface area contributed by atoms with Gasteiger partial charge in [0.15, 0.2) is 0 Å². The van der Waals surface area contributed by atoms with Gasteiger partial charge < -0.3 is 10.2 Å². The second-order valence-corrected chi connectivity index (χ2v) is 3.53. The molecule has 14 heavy (non-hydrogen) atoms. The van der Waals surface area contributed by atoms with Crippen LogP contribution in [0.2, 0.25) is 0 Å². The van der Waals surface area contributed by atoms with Gasteiger partial charge in [-0.1, -0.05) is 0 Å². The lowest BCUT2D eigenvalue weighted by molar-refractivity contribution is -0.139. The van der Waals surface area contributed by atoms with Crippen LogP contribution in [0.25, 0.3) is 0 Å². The van der Waals surface area contributed by atoms with Crippen molar-refractivity contribution in [3.63, 3.8) is 0 Å². The fourth-order valence-electron chi connectivity index (χ4n) is 1.88. The lowest BCUT2D eigenvalue weighted by atomic mass is 10.1. The zero-order chi connectivity index (χ0) is 10.1. The number of carboxylic acids is 1. The minimum absolute atomic E-state index is 0.280. The predicted octanol–water partition coefficient (Wildman–Crippen LogP) is 0.406. The summed E-state index contributed by atoms with van der Waals surface area (Å²) in [6.07, 6.45) is 1.62. The Hall–Kier alpha value is -1.36. The van der Waals surface area contributed by atoms with E-state index in [0.717, 1.165) is 30.5 Å². The monoisotopic (exact) mass is 196 g/mol. The number of aliphatic hydroxyl groups excluding tert-OH is 1. The molecule has 0 aliphatic heterocycles. The zero-order valence-electron chi connectivity index (χ0n) is 7.66. The van der Waals surface area contributed by atoms with Gasteiger partial charge >= 0.3 is 5.97 Å². The molecule has 0 spiro atoms. The summed E-state index contributed by atoms with van der Waals surface area (Å²) in [4.78, 5) is 10.4. The van der Waals surface area contributed by atoms with E-state index in [1.165, 1.54) is 0 Å². The van der Waals surface area contributed by atoms with Crippen molar-refractivity contribution >= 4 is 5.97 Å². The Morgan fingerprint density at radius 1 is 1.57 bits per heavy atom. The molecule has 0 bridgehead atoms. The van der Waals surface area contributed by atoms with Gasteiger partial charge in [0.2, 0.25) is 0 Å². The molecular weight excluding hydrogens is 184 g/mol. The van der Waals surface area contributed by atoms with Gasteiger partial charge in [-0.25, -0.2) is 0 Å². The first-order valence-corrected chi connectivity index (χ1v) is 4.64. The Morgan fingerprint density at radius 2 is 2.36 bits per heavy atom. The van der Waals surface area contributed by atoms with Crippen molar-refractivity contribution in [1.29, 1.82) is 0 Å². The summed E-state index contributed by atoms with van der Waals surface area (Å²) in [6, 6.07) is 0. The first-order valence-electron chi connectivity index (χ1n) is 4.64. The number of aliphatic carboxylic acids is 1. The molecule has 1 aliphatic carbocycles. The first kappa shape index (κ1) is 9.21. The van der Waals surface area contributed by atoms with Crippen LogP contribution in [0.15, 0.2) is 0 Å². The van der Waals surface area contributed by atoms with Gasteiger partial charge in [-0.05, 0) is 24.8 Å². The van der Waals surface area contributed by atoms with Crippen LogP contribution in [0, 0.1) is 0 Å². The lowest BCUT2D eigenvalue weighted by Crippen LogP contribution is -2.07. The Morgan fingerprint density at radius 3 is 3.07 bits per heavy atom. The molecule has 2 rings (SSSR count). The molecule has 1 aliphatic rings. The topological polar surface area (TPSA) is 86.2 Å². The molecule has 1 atom stereocenters. The highest BCUT2D eigenvalue weighted by Crippen LogP contribution is 2.27. The van der Waals surface area contributed by atoms with Crippen molar-refractivity contribution in [3.8, 4) is 0 Å². The smallest absolute Gasteiger partial charge is 0.306 e. The van der Waals surface area contributed by atoms with Crippen molar-refractivity contribution in [3.05, 3.63) is 17.0 Å². The SMILES string of the molecule is O=C(O)C[C@@H](O)c1n[nH]c2c1CCC2. The number of hydrogen-bond donors (Lipinski definition) is 3. The maximum Gasteiger partial charge on any atom is 0.306 e. The number of nitrogens with one attached hydrogen (secondary N) is 1. The average Bonchev–Trinajstić information content (AvgIpc) is 2.59. The zero-order valence-corrected chi connectivity index (χ0v) is 7.66. The van der Waals surface area contributed by atoms with Crippen molar-refractivity contribution < 1.29 is 15.0 Å². The standard InChI is InChI=1S/C9H12N2O3/c12-7(4-8(13)14)9-5-2-1-3-6(5)10-11-9/h7,12H,1-4H2,(H,10,11)(H,13,14)/t7-/m1/s1. The Labute approximate surface area is 80.8 Å². The van der Waals surface area contributed by atoms with Crippen LogP contribution in [-0.2, 0) is 17.6 Å². The second-order valence-electron chi connectivity index (χ2n) is 3.53. The molecule has 1 aromatic heterocycles. The van der Waals surface area contributed by atoms with Gasteiger partial charge in [0.1, 0.15) is 6.10 Å². The molecule has 0 amide bonds. The number of carboxylic acid groups (broad SMARTS) is 1. The number of H-pyrrole nitrogens is 1. The normalized spacial score (nSPS) is 16.6. The number of aliphatic hydroxyl groups is 1. The number of aryl methyl sites for hydroxylation is 1. The summed E-state index contributed by atoms with van der Waals surface area (Å²) in [6.45, 7) is 0. The molecule has 3 N–H and O–H groups in total. The molecule has 0 fully saturated rings. The molecule has 0 saturated heterocycles. The highest BCUT2D eigenvalue weighted by molar-refractivity contribution is 5.67. The molecule has 5 heteroatoms. The highest BCUT2D eigenvalue weighted by Gasteiger charge is 2.24. The molecule has 1 heterocycles. The maximum atomic E-state index is 10.4. The van der Waals surface area contributed by atoms with Crippen molar-refractivity contribution in [2.75, 3.05) is 0 Å². The van der Waals surface area contributed by atoms with Crippen molar-refractivity contribution in [2.24, 2.45) is 0 Å². The largest absolute Gasteiger partial charge is 0.481 e. The Balaban J connectivity index is 2.19. The van der Waals surface area contributed by atoms with E-state index < -0.39 is 12.1 Å². The third kappa shape index (κ3) is 1.50. The molecular formula is C9H12N2O3. The summed E-state index contributed by atoms with van der Waals surface area (Å²) in [5.41, 5.74) is 2.57. The summed E-state index contributed by atoms with van der Waals surface area (Å²) in [7, 11) is 0. The van der Waals surface area contributed by atoms with E-state index in [0.29, 0.717) is 5.69 Å². The van der Waals surface area contributed by atoms with Gasteiger partial charge in [0, 0.05) is 5.69 Å². The fourth-order valence-corrected chi connectivity index (χ4v) is 1.88. The minimum atomic E-state index is -1.01. The van der Waals surface area contributed by atoms with Crippen LogP contribution in [0.4, 0.5) is 0 Å². The molecule has 0 aromatic carbocycles. The van der Waals surface area contributed by atoms with Gasteiger partial charge in [-0.3, -0.25) is 9.89 Å². The van der Waals surface area contributed by atoms with Crippen LogP contribution in [0.1, 0.15) is 35.9 Å². The average molecular weight is 196 g/mol. The highest BCUT2D eigenvalue weighted by atomic mass is 16.4. The third-order valence-corrected chi connectivity index (χ3v) is 2.52. The van der Waals surface area contributed by atoms with E-state index in [2.05, 4.69) is 10.2 Å². The first-order chi connectivity index (χ1) is 6.68. The van der Waals surface area contributed by atoms with Gasteiger partial charge in [0.05, 0.1) is 12.1 Å². The van der Waals surface area contributed by atoms with Crippen LogP contribution in [0.5, 0.6) is 0 Å². The number of fused-ring (bicyclic) bond motifs is 1. The quantitative estimate of drug-likeness (QED) is 0.653. The fraction of sp³-hybridized carbons (Fsp3) is 0.556. The summed E-state index contributed by atoms with van der Waals surface area (Å²) in [5.74, 6) is -1.01. The Kier molecular flexibility index (Phi) is 2.25. The van der Waals surface area contributed by atoms with Crippen LogP contribution < -0.4 is 0 Å². The van der Waals surface area contributed by atoms with Gasteiger partial charge in [-0.2, -0.15) is 5.10 Å². The Bertz CT molecular complexity index is 359. The molecule has 0 unspecified atom stereocenters. The van der Waals surface area contributed by atoms with E-state index in [-0.39, 0.29) is 6.42 Å². The van der Waals surface area contributed by atoms with E-state index in [9.17, 15) is 9.90 Å². The summed E-state index contributed by atoms with van der Waals surface area (Å²) in [5, 5.41) is 24.9. The van der Waals surface area contributed by atoms with Crippen LogP contribution >= 0.6 is 0 Å².